The van der Waals surface area contributed by atoms with Crippen LogP contribution in [0.1, 0.15) is 6.92 Å². The van der Waals surface area contributed by atoms with Crippen molar-refractivity contribution in [1.29, 1.82) is 5.26 Å². The Labute approximate surface area is 56.2 Å². The Kier molecular flexibility index (Phi) is 3.81. The van der Waals surface area contributed by atoms with Crippen LogP contribution in [0.2, 0.25) is 0 Å². The first-order chi connectivity index (χ1) is 4.57. The number of nitrogens with zero attached hydrogens (tertiary/aromatic N) is 1. The monoisotopic (exact) mass is 153 g/mol. The number of hydrogen-bond donors (Lipinski definition) is 0. The average Bonchev–Trinajstić information content (AvgIpc) is 1.87. The molecule has 0 amide bonds. The Morgan fingerprint density at radius 3 is 2.20 bits per heavy atom. The summed E-state index contributed by atoms with van der Waals surface area (Å²) in [6.45, 7) is 1.19. The van der Waals surface area contributed by atoms with Gasteiger partial charge in [0, 0.05) is 0 Å². The van der Waals surface area contributed by atoms with Gasteiger partial charge >= 0.3 is 0 Å². The maximum absolute atomic E-state index is 11.8. The van der Waals surface area contributed by atoms with Gasteiger partial charge in [-0.2, -0.15) is 5.26 Å². The molecule has 0 saturated carbocycles. The van der Waals surface area contributed by atoms with Gasteiger partial charge in [0.15, 0.2) is 0 Å². The molecule has 0 aromatic rings. The van der Waals surface area contributed by atoms with Gasteiger partial charge in [0.2, 0.25) is 0 Å². The zero-order valence-corrected chi connectivity index (χ0v) is 5.22. The first kappa shape index (κ1) is 9.24. The first-order valence-corrected chi connectivity index (χ1v) is 2.55. The molecular weight excluding hydrogens is 147 g/mol. The molecule has 0 aliphatic carbocycles. The van der Waals surface area contributed by atoms with Gasteiger partial charge in [-0.1, -0.05) is 0 Å². The topological polar surface area (TPSA) is 33.0 Å². The molecule has 0 rings (SSSR count). The molecule has 0 aliphatic rings. The van der Waals surface area contributed by atoms with E-state index in [1.165, 1.54) is 13.0 Å². The van der Waals surface area contributed by atoms with Crippen LogP contribution in [0.4, 0.5) is 13.2 Å². The molecule has 5 heteroatoms. The minimum Gasteiger partial charge on any atom is -0.325 e. The van der Waals surface area contributed by atoms with E-state index in [0.29, 0.717) is 0 Å². The molecule has 0 radical (unpaired) electrons. The summed E-state index contributed by atoms with van der Waals surface area (Å²) in [5.74, 6) is 0. The van der Waals surface area contributed by atoms with Crippen molar-refractivity contribution in [2.75, 3.05) is 0 Å². The van der Waals surface area contributed by atoms with E-state index in [0.717, 1.165) is 0 Å². The second-order valence-electron chi connectivity index (χ2n) is 1.59. The quantitative estimate of drug-likeness (QED) is 0.615. The smallest absolute Gasteiger partial charge is 0.293 e. The van der Waals surface area contributed by atoms with Crippen LogP contribution in [0, 0.1) is 11.3 Å². The van der Waals surface area contributed by atoms with Crippen molar-refractivity contribution in [3.05, 3.63) is 0 Å². The van der Waals surface area contributed by atoms with E-state index in [1.54, 1.807) is 0 Å². The molecule has 0 bridgehead atoms. The predicted octanol–water partition coefficient (Wildman–Crippen LogP) is 1.48. The standard InChI is InChI=1S/C5H6F3NO/c1-3(2-9)10-5(8)4(6)7/h3-5H,1H3. The zero-order valence-electron chi connectivity index (χ0n) is 5.22. The SMILES string of the molecule is CC(C#N)OC(F)C(F)F. The molecule has 10 heavy (non-hydrogen) atoms. The molecule has 0 fully saturated rings. The fourth-order valence-electron chi connectivity index (χ4n) is 0.285. The second kappa shape index (κ2) is 4.12. The van der Waals surface area contributed by atoms with Crippen LogP contribution >= 0.6 is 0 Å². The summed E-state index contributed by atoms with van der Waals surface area (Å²) in [6, 6.07) is 1.46. The molecule has 0 heterocycles. The number of nitriles is 1. The third-order valence-electron chi connectivity index (χ3n) is 0.714. The molecule has 0 spiro atoms. The third-order valence-corrected chi connectivity index (χ3v) is 0.714. The molecule has 2 atom stereocenters. The van der Waals surface area contributed by atoms with Gasteiger partial charge < -0.3 is 4.74 Å². The van der Waals surface area contributed by atoms with Gasteiger partial charge in [-0.25, -0.2) is 13.2 Å². The summed E-state index contributed by atoms with van der Waals surface area (Å²) in [7, 11) is 0. The maximum atomic E-state index is 11.8. The Balaban J connectivity index is 3.59. The Hall–Kier alpha value is -0.760. The van der Waals surface area contributed by atoms with Crippen LogP contribution in [-0.4, -0.2) is 18.9 Å². The number of hydrogen-bond acceptors (Lipinski definition) is 2. The normalized spacial score (nSPS) is 16.4. The lowest BCUT2D eigenvalue weighted by molar-refractivity contribution is -0.140. The Bertz CT molecular complexity index is 133. The minimum absolute atomic E-state index is 1.14. The fourth-order valence-corrected chi connectivity index (χ4v) is 0.285. The van der Waals surface area contributed by atoms with E-state index in [2.05, 4.69) is 4.74 Å². The summed E-state index contributed by atoms with van der Waals surface area (Å²) in [4.78, 5) is 0. The van der Waals surface area contributed by atoms with E-state index in [9.17, 15) is 13.2 Å². The average molecular weight is 153 g/mol. The second-order valence-corrected chi connectivity index (χ2v) is 1.59. The number of alkyl halides is 3. The summed E-state index contributed by atoms with van der Waals surface area (Å²) in [6.07, 6.45) is -6.98. The van der Waals surface area contributed by atoms with Crippen LogP contribution in [0.25, 0.3) is 0 Å². The molecule has 2 nitrogen and oxygen atoms in total. The lowest BCUT2D eigenvalue weighted by atomic mass is 10.4. The third kappa shape index (κ3) is 3.30. The number of ether oxygens (including phenoxy) is 1. The highest BCUT2D eigenvalue weighted by Gasteiger charge is 2.21. The van der Waals surface area contributed by atoms with E-state index in [1.807, 2.05) is 0 Å². The van der Waals surface area contributed by atoms with Crippen molar-refractivity contribution in [2.45, 2.75) is 25.8 Å². The van der Waals surface area contributed by atoms with Gasteiger partial charge in [0.05, 0.1) is 6.07 Å². The highest BCUT2D eigenvalue weighted by molar-refractivity contribution is 4.79. The largest absolute Gasteiger partial charge is 0.325 e. The molecule has 0 saturated heterocycles. The van der Waals surface area contributed by atoms with Crippen LogP contribution in [0.3, 0.4) is 0 Å². The van der Waals surface area contributed by atoms with E-state index >= 15 is 0 Å². The first-order valence-electron chi connectivity index (χ1n) is 2.55. The van der Waals surface area contributed by atoms with Crippen molar-refractivity contribution < 1.29 is 17.9 Å². The van der Waals surface area contributed by atoms with Gasteiger partial charge in [0.1, 0.15) is 6.10 Å². The molecule has 0 aromatic heterocycles. The van der Waals surface area contributed by atoms with Crippen molar-refractivity contribution >= 4 is 0 Å². The summed E-state index contributed by atoms with van der Waals surface area (Å²) < 4.78 is 38.4. The maximum Gasteiger partial charge on any atom is 0.293 e. The van der Waals surface area contributed by atoms with Crippen LogP contribution in [-0.2, 0) is 4.74 Å². The fraction of sp³-hybridized carbons (Fsp3) is 0.800. The summed E-state index contributed by atoms with van der Waals surface area (Å²) >= 11 is 0. The summed E-state index contributed by atoms with van der Waals surface area (Å²) in [5.41, 5.74) is 0. The molecular formula is C5H6F3NO. The highest BCUT2D eigenvalue weighted by atomic mass is 19.3. The van der Waals surface area contributed by atoms with E-state index in [-0.39, 0.29) is 0 Å². The van der Waals surface area contributed by atoms with Gasteiger partial charge in [-0.15, -0.1) is 0 Å². The zero-order chi connectivity index (χ0) is 8.15. The van der Waals surface area contributed by atoms with Gasteiger partial charge in [0.25, 0.3) is 12.8 Å². The van der Waals surface area contributed by atoms with Crippen LogP contribution in [0.15, 0.2) is 0 Å². The highest BCUT2D eigenvalue weighted by Crippen LogP contribution is 2.08. The Morgan fingerprint density at radius 1 is 1.40 bits per heavy atom. The molecule has 0 N–H and O–H groups in total. The number of rotatable bonds is 3. The van der Waals surface area contributed by atoms with E-state index < -0.39 is 18.9 Å². The molecule has 0 aromatic carbocycles. The van der Waals surface area contributed by atoms with Gasteiger partial charge in [-0.3, -0.25) is 0 Å². The van der Waals surface area contributed by atoms with Crippen molar-refractivity contribution in [1.82, 2.24) is 0 Å². The molecule has 2 unspecified atom stereocenters. The van der Waals surface area contributed by atoms with Crippen LogP contribution < -0.4 is 0 Å². The molecule has 0 aliphatic heterocycles. The number of halogens is 3. The molecule has 58 valence electrons. The van der Waals surface area contributed by atoms with Gasteiger partial charge in [-0.05, 0) is 6.92 Å². The minimum atomic E-state index is -3.18. The van der Waals surface area contributed by atoms with E-state index in [4.69, 9.17) is 5.26 Å². The van der Waals surface area contributed by atoms with Crippen molar-refractivity contribution in [2.24, 2.45) is 0 Å². The van der Waals surface area contributed by atoms with Crippen molar-refractivity contribution in [3.63, 3.8) is 0 Å². The lowest BCUT2D eigenvalue weighted by Crippen LogP contribution is -2.21. The van der Waals surface area contributed by atoms with Crippen molar-refractivity contribution in [3.8, 4) is 6.07 Å². The summed E-state index contributed by atoms with van der Waals surface area (Å²) in [5, 5.41) is 7.98. The predicted molar refractivity (Wildman–Crippen MR) is 27.1 cm³/mol. The van der Waals surface area contributed by atoms with Crippen LogP contribution in [0.5, 0.6) is 0 Å². The lowest BCUT2D eigenvalue weighted by Gasteiger charge is -2.08. The Morgan fingerprint density at radius 2 is 1.90 bits per heavy atom.